The minimum Gasteiger partial charge on any atom is -0.389 e. The zero-order valence-corrected chi connectivity index (χ0v) is 8.30. The quantitative estimate of drug-likeness (QED) is 0.674. The monoisotopic (exact) mass is 216 g/mol. The number of ether oxygens (including phenoxy) is 2. The van der Waals surface area contributed by atoms with Crippen molar-refractivity contribution in [3.05, 3.63) is 60.1 Å². The number of esters is 2. The summed E-state index contributed by atoms with van der Waals surface area (Å²) in [6.45, 7) is 3.43. The van der Waals surface area contributed by atoms with E-state index in [0.717, 1.165) is 0 Å². The molecule has 16 heavy (non-hydrogen) atoms. The molecule has 1 aromatic rings. The molecule has 0 spiro atoms. The third kappa shape index (κ3) is 1.86. The van der Waals surface area contributed by atoms with Crippen LogP contribution in [-0.4, -0.2) is 11.9 Å². The standard InChI is InChI=1S/C12H8O4/c1-2-3-10-15-11(13)8-4-5-9(7-6-8)12(14)16-10/h2-7H,1H2. The van der Waals surface area contributed by atoms with Gasteiger partial charge >= 0.3 is 11.9 Å². The van der Waals surface area contributed by atoms with Gasteiger partial charge in [0.2, 0.25) is 0 Å². The van der Waals surface area contributed by atoms with Crippen molar-refractivity contribution in [2.24, 2.45) is 0 Å². The van der Waals surface area contributed by atoms with Gasteiger partial charge in [-0.05, 0) is 24.3 Å². The first kappa shape index (κ1) is 10.2. The second-order valence-electron chi connectivity index (χ2n) is 3.08. The van der Waals surface area contributed by atoms with Gasteiger partial charge in [0, 0.05) is 6.08 Å². The molecule has 0 unspecified atom stereocenters. The van der Waals surface area contributed by atoms with Crippen LogP contribution in [0.25, 0.3) is 0 Å². The lowest BCUT2D eigenvalue weighted by Crippen LogP contribution is -2.08. The first-order valence-electron chi connectivity index (χ1n) is 4.58. The molecule has 0 atom stereocenters. The Bertz CT molecular complexity index is 443. The third-order valence-electron chi connectivity index (χ3n) is 2.00. The van der Waals surface area contributed by atoms with E-state index in [1.165, 1.54) is 36.4 Å². The predicted molar refractivity (Wildman–Crippen MR) is 55.6 cm³/mol. The van der Waals surface area contributed by atoms with Gasteiger partial charge < -0.3 is 9.47 Å². The molecule has 3 rings (SSSR count). The summed E-state index contributed by atoms with van der Waals surface area (Å²) in [5.74, 6) is -1.32. The van der Waals surface area contributed by atoms with Crippen LogP contribution in [0.2, 0.25) is 0 Å². The molecule has 2 heterocycles. The molecule has 80 valence electrons. The van der Waals surface area contributed by atoms with Crippen molar-refractivity contribution in [2.45, 2.75) is 0 Å². The Morgan fingerprint density at radius 1 is 0.938 bits per heavy atom. The summed E-state index contributed by atoms with van der Waals surface area (Å²) < 4.78 is 9.73. The molecule has 0 aliphatic carbocycles. The Morgan fingerprint density at radius 3 is 1.75 bits per heavy atom. The fourth-order valence-electron chi connectivity index (χ4n) is 1.23. The number of benzene rings is 1. The molecule has 0 N–H and O–H groups in total. The van der Waals surface area contributed by atoms with Gasteiger partial charge in [0.1, 0.15) is 0 Å². The molecule has 0 saturated carbocycles. The van der Waals surface area contributed by atoms with Crippen LogP contribution in [-0.2, 0) is 9.47 Å². The van der Waals surface area contributed by atoms with Crippen molar-refractivity contribution in [1.29, 1.82) is 0 Å². The Labute approximate surface area is 91.8 Å². The maximum absolute atomic E-state index is 11.5. The van der Waals surface area contributed by atoms with E-state index in [9.17, 15) is 9.59 Å². The SMILES string of the molecule is C=CC=C1OC(=O)c2ccc(cc2)C(=O)O1. The van der Waals surface area contributed by atoms with E-state index in [0.29, 0.717) is 11.1 Å². The molecule has 0 aromatic heterocycles. The number of hydrogen-bond acceptors (Lipinski definition) is 4. The summed E-state index contributed by atoms with van der Waals surface area (Å²) in [6, 6.07) is 6.04. The van der Waals surface area contributed by atoms with Crippen LogP contribution in [0.1, 0.15) is 20.7 Å². The van der Waals surface area contributed by atoms with E-state index in [-0.39, 0.29) is 5.95 Å². The van der Waals surface area contributed by atoms with E-state index in [2.05, 4.69) is 6.58 Å². The first-order valence-corrected chi connectivity index (χ1v) is 4.58. The topological polar surface area (TPSA) is 52.6 Å². The number of carbonyl (C=O) groups excluding carboxylic acids is 2. The molecule has 4 nitrogen and oxygen atoms in total. The molecular weight excluding hydrogens is 208 g/mol. The Balaban J connectivity index is 2.46. The lowest BCUT2D eigenvalue weighted by atomic mass is 10.1. The highest BCUT2D eigenvalue weighted by Gasteiger charge is 2.19. The Hall–Kier alpha value is -2.36. The maximum Gasteiger partial charge on any atom is 0.345 e. The summed E-state index contributed by atoms with van der Waals surface area (Å²) >= 11 is 0. The number of fused-ring (bicyclic) bond motifs is 6. The molecule has 0 saturated heterocycles. The van der Waals surface area contributed by atoms with Crippen LogP contribution in [0.4, 0.5) is 0 Å². The maximum atomic E-state index is 11.5. The van der Waals surface area contributed by atoms with E-state index < -0.39 is 11.9 Å². The zero-order valence-electron chi connectivity index (χ0n) is 8.30. The minimum atomic E-state index is -0.575. The van der Waals surface area contributed by atoms with Crippen molar-refractivity contribution in [2.75, 3.05) is 0 Å². The number of carbonyl (C=O) groups is 2. The van der Waals surface area contributed by atoms with Gasteiger partial charge in [-0.2, -0.15) is 0 Å². The second-order valence-corrected chi connectivity index (χ2v) is 3.08. The van der Waals surface area contributed by atoms with Crippen molar-refractivity contribution >= 4 is 11.9 Å². The van der Waals surface area contributed by atoms with Crippen LogP contribution >= 0.6 is 0 Å². The smallest absolute Gasteiger partial charge is 0.345 e. The Morgan fingerprint density at radius 2 is 1.38 bits per heavy atom. The van der Waals surface area contributed by atoms with Crippen molar-refractivity contribution < 1.29 is 19.1 Å². The highest BCUT2D eigenvalue weighted by Crippen LogP contribution is 2.15. The molecule has 1 aromatic carbocycles. The fourth-order valence-corrected chi connectivity index (χ4v) is 1.23. The van der Waals surface area contributed by atoms with Crippen LogP contribution in [0.5, 0.6) is 0 Å². The van der Waals surface area contributed by atoms with Crippen molar-refractivity contribution in [1.82, 2.24) is 0 Å². The van der Waals surface area contributed by atoms with Gasteiger partial charge in [-0.15, -0.1) is 0 Å². The normalized spacial score (nSPS) is 14.4. The van der Waals surface area contributed by atoms with Crippen LogP contribution < -0.4 is 0 Å². The van der Waals surface area contributed by atoms with E-state index in [1.54, 1.807) is 0 Å². The van der Waals surface area contributed by atoms with Gasteiger partial charge in [0.05, 0.1) is 11.1 Å². The first-order chi connectivity index (χ1) is 7.70. The molecule has 0 amide bonds. The molecule has 0 fully saturated rings. The molecule has 2 aliphatic rings. The molecule has 4 heteroatoms. The molecule has 0 radical (unpaired) electrons. The molecule has 2 aliphatic heterocycles. The average Bonchev–Trinajstić information content (AvgIpc) is 2.36. The van der Waals surface area contributed by atoms with E-state index in [1.807, 2.05) is 0 Å². The van der Waals surface area contributed by atoms with Crippen LogP contribution in [0, 0.1) is 0 Å². The highest BCUT2D eigenvalue weighted by molar-refractivity contribution is 5.95. The third-order valence-corrected chi connectivity index (χ3v) is 2.00. The van der Waals surface area contributed by atoms with Crippen molar-refractivity contribution in [3.8, 4) is 0 Å². The summed E-state index contributed by atoms with van der Waals surface area (Å²) in [7, 11) is 0. The molecular formula is C12H8O4. The van der Waals surface area contributed by atoms with Gasteiger partial charge in [-0.25, -0.2) is 9.59 Å². The zero-order chi connectivity index (χ0) is 11.5. The predicted octanol–water partition coefficient (Wildman–Crippen LogP) is 2.04. The van der Waals surface area contributed by atoms with Crippen LogP contribution in [0.3, 0.4) is 0 Å². The summed E-state index contributed by atoms with van der Waals surface area (Å²) in [4.78, 5) is 23.1. The number of hydrogen-bond donors (Lipinski definition) is 0. The van der Waals surface area contributed by atoms with Gasteiger partial charge in [0.25, 0.3) is 5.95 Å². The van der Waals surface area contributed by atoms with E-state index in [4.69, 9.17) is 9.47 Å². The van der Waals surface area contributed by atoms with Gasteiger partial charge in [0.15, 0.2) is 0 Å². The van der Waals surface area contributed by atoms with Gasteiger partial charge in [-0.3, -0.25) is 0 Å². The molecule has 2 bridgehead atoms. The number of rotatable bonds is 1. The second kappa shape index (κ2) is 4.02. The fraction of sp³-hybridized carbons (Fsp3) is 0. The number of allylic oxidation sites excluding steroid dienone is 2. The average molecular weight is 216 g/mol. The summed E-state index contributed by atoms with van der Waals surface area (Å²) in [5.41, 5.74) is 0.717. The lowest BCUT2D eigenvalue weighted by molar-refractivity contribution is 0.0241. The van der Waals surface area contributed by atoms with Gasteiger partial charge in [-0.1, -0.05) is 12.7 Å². The minimum absolute atomic E-state index is 0.174. The largest absolute Gasteiger partial charge is 0.389 e. The van der Waals surface area contributed by atoms with Crippen molar-refractivity contribution in [3.63, 3.8) is 0 Å². The Kier molecular flexibility index (Phi) is 2.55. The summed E-state index contributed by atoms with van der Waals surface area (Å²) in [6.07, 6.45) is 2.67. The lowest BCUT2D eigenvalue weighted by Gasteiger charge is -2.05. The highest BCUT2D eigenvalue weighted by atomic mass is 16.7. The van der Waals surface area contributed by atoms with E-state index >= 15 is 0 Å². The van der Waals surface area contributed by atoms with Crippen LogP contribution in [0.15, 0.2) is 48.9 Å². The summed E-state index contributed by atoms with van der Waals surface area (Å²) in [5, 5.41) is 0.